The van der Waals surface area contributed by atoms with E-state index in [1.165, 1.54) is 11.8 Å². The second-order valence-corrected chi connectivity index (χ2v) is 9.00. The fourth-order valence-corrected chi connectivity index (χ4v) is 4.31. The van der Waals surface area contributed by atoms with E-state index >= 15 is 0 Å². The highest BCUT2D eigenvalue weighted by Crippen LogP contribution is 2.26. The zero-order chi connectivity index (χ0) is 24.0. The number of carbonyl (C=O) groups is 2. The number of thioether (sulfide) groups is 1. The van der Waals surface area contributed by atoms with E-state index in [1.807, 2.05) is 36.6 Å². The van der Waals surface area contributed by atoms with Crippen LogP contribution in [-0.2, 0) is 11.3 Å². The summed E-state index contributed by atoms with van der Waals surface area (Å²) in [7, 11) is 0. The Labute approximate surface area is 206 Å². The number of aromatic nitrogens is 3. The molecule has 3 rings (SSSR count). The van der Waals surface area contributed by atoms with Crippen molar-refractivity contribution >= 4 is 52.5 Å². The van der Waals surface area contributed by atoms with Crippen molar-refractivity contribution in [1.29, 1.82) is 0 Å². The van der Waals surface area contributed by atoms with Crippen LogP contribution in [0.5, 0.6) is 0 Å². The Morgan fingerprint density at radius 3 is 2.67 bits per heavy atom. The van der Waals surface area contributed by atoms with Crippen molar-refractivity contribution in [1.82, 2.24) is 20.1 Å². The molecule has 172 valence electrons. The molecule has 0 aliphatic carbocycles. The van der Waals surface area contributed by atoms with E-state index in [-0.39, 0.29) is 17.6 Å². The third-order valence-corrected chi connectivity index (χ3v) is 6.23. The molecule has 2 aromatic carbocycles. The van der Waals surface area contributed by atoms with Crippen LogP contribution in [0.25, 0.3) is 0 Å². The number of halogens is 2. The number of carbonyl (C=O) groups excluding carboxylic acids is 2. The topological polar surface area (TPSA) is 88.9 Å². The zero-order valence-electron chi connectivity index (χ0n) is 18.1. The van der Waals surface area contributed by atoms with E-state index < -0.39 is 6.04 Å². The average molecular weight is 504 g/mol. The summed E-state index contributed by atoms with van der Waals surface area (Å²) in [5.74, 6) is 0.223. The van der Waals surface area contributed by atoms with Gasteiger partial charge in [0, 0.05) is 17.1 Å². The Bertz CT molecular complexity index is 1180. The summed E-state index contributed by atoms with van der Waals surface area (Å²) >= 11 is 13.2. The van der Waals surface area contributed by atoms with Gasteiger partial charge in [0.25, 0.3) is 5.91 Å². The summed E-state index contributed by atoms with van der Waals surface area (Å²) in [6, 6.07) is 11.8. The number of hydrogen-bond donors (Lipinski definition) is 2. The molecule has 10 heteroatoms. The molecule has 0 bridgehead atoms. The van der Waals surface area contributed by atoms with Gasteiger partial charge in [0.15, 0.2) is 11.0 Å². The minimum absolute atomic E-state index is 0.0954. The molecule has 0 saturated heterocycles. The molecule has 3 aromatic rings. The number of amides is 2. The van der Waals surface area contributed by atoms with Crippen molar-refractivity contribution in [2.75, 3.05) is 11.1 Å². The summed E-state index contributed by atoms with van der Waals surface area (Å²) in [6.07, 6.45) is 1.71. The normalized spacial score (nSPS) is 11.6. The van der Waals surface area contributed by atoms with Gasteiger partial charge in [-0.2, -0.15) is 0 Å². The number of allylic oxidation sites excluding steroid dienone is 1. The third-order valence-electron chi connectivity index (χ3n) is 4.72. The predicted octanol–water partition coefficient (Wildman–Crippen LogP) is 5.30. The van der Waals surface area contributed by atoms with Crippen molar-refractivity contribution in [3.8, 4) is 0 Å². The van der Waals surface area contributed by atoms with Crippen LogP contribution in [-0.4, -0.2) is 32.3 Å². The lowest BCUT2D eigenvalue weighted by molar-refractivity contribution is -0.113. The first-order valence-electron chi connectivity index (χ1n) is 10.1. The van der Waals surface area contributed by atoms with Gasteiger partial charge in [-0.3, -0.25) is 9.59 Å². The minimum Gasteiger partial charge on any atom is -0.342 e. The van der Waals surface area contributed by atoms with Gasteiger partial charge in [-0.1, -0.05) is 59.2 Å². The van der Waals surface area contributed by atoms with Gasteiger partial charge < -0.3 is 15.2 Å². The average Bonchev–Trinajstić information content (AvgIpc) is 3.17. The smallest absolute Gasteiger partial charge is 0.252 e. The number of nitrogens with one attached hydrogen (secondary N) is 2. The van der Waals surface area contributed by atoms with Crippen molar-refractivity contribution < 1.29 is 9.59 Å². The van der Waals surface area contributed by atoms with Gasteiger partial charge >= 0.3 is 0 Å². The van der Waals surface area contributed by atoms with E-state index in [1.54, 1.807) is 30.3 Å². The number of anilines is 1. The molecular formula is C23H23Cl2N5O2S. The molecule has 0 unspecified atom stereocenters. The fraction of sp³-hybridized carbons (Fsp3) is 0.217. The van der Waals surface area contributed by atoms with E-state index in [0.717, 1.165) is 5.56 Å². The van der Waals surface area contributed by atoms with Crippen LogP contribution < -0.4 is 10.6 Å². The number of rotatable bonds is 9. The maximum atomic E-state index is 12.7. The Morgan fingerprint density at radius 2 is 1.97 bits per heavy atom. The lowest BCUT2D eigenvalue weighted by atomic mass is 10.1. The second-order valence-electron chi connectivity index (χ2n) is 7.21. The standard InChI is InChI=1S/C23H23Cl2N5O2S/c1-4-11-30-21(15(3)26-22(32)17-8-6-5-7-14(17)2)28-29-23(30)33-13-20(31)27-19-10-9-16(24)12-18(19)25/h4-10,12,15H,1,11,13H2,2-3H3,(H,26,32)(H,27,31)/t15-/m1/s1. The van der Waals surface area contributed by atoms with Crippen LogP contribution in [0.1, 0.15) is 34.7 Å². The lowest BCUT2D eigenvalue weighted by Crippen LogP contribution is -2.29. The van der Waals surface area contributed by atoms with Gasteiger partial charge in [-0.15, -0.1) is 16.8 Å². The molecule has 0 radical (unpaired) electrons. The molecule has 0 spiro atoms. The monoisotopic (exact) mass is 503 g/mol. The van der Waals surface area contributed by atoms with Crippen LogP contribution in [0, 0.1) is 6.92 Å². The van der Waals surface area contributed by atoms with Crippen molar-refractivity contribution in [2.45, 2.75) is 31.6 Å². The highest BCUT2D eigenvalue weighted by Gasteiger charge is 2.21. The van der Waals surface area contributed by atoms with Crippen LogP contribution in [0.15, 0.2) is 60.3 Å². The van der Waals surface area contributed by atoms with Gasteiger partial charge in [-0.25, -0.2) is 0 Å². The first kappa shape index (κ1) is 24.8. The summed E-state index contributed by atoms with van der Waals surface area (Å²) in [5, 5.41) is 15.6. The highest BCUT2D eigenvalue weighted by atomic mass is 35.5. The third kappa shape index (κ3) is 6.37. The Kier molecular flexibility index (Phi) is 8.55. The maximum absolute atomic E-state index is 12.7. The molecule has 33 heavy (non-hydrogen) atoms. The van der Waals surface area contributed by atoms with Crippen LogP contribution in [0.2, 0.25) is 10.0 Å². The van der Waals surface area contributed by atoms with Gasteiger partial charge in [0.2, 0.25) is 5.91 Å². The Morgan fingerprint density at radius 1 is 1.21 bits per heavy atom. The summed E-state index contributed by atoms with van der Waals surface area (Å²) in [5.41, 5.74) is 1.97. The minimum atomic E-state index is -0.402. The van der Waals surface area contributed by atoms with E-state index in [0.29, 0.717) is 38.8 Å². The number of aryl methyl sites for hydroxylation is 1. The van der Waals surface area contributed by atoms with E-state index in [4.69, 9.17) is 23.2 Å². The zero-order valence-corrected chi connectivity index (χ0v) is 20.5. The van der Waals surface area contributed by atoms with Gasteiger partial charge in [-0.05, 0) is 43.7 Å². The van der Waals surface area contributed by atoms with Gasteiger partial charge in [0.05, 0.1) is 22.5 Å². The van der Waals surface area contributed by atoms with E-state index in [2.05, 4.69) is 27.4 Å². The molecule has 7 nitrogen and oxygen atoms in total. The molecule has 1 aromatic heterocycles. The molecular weight excluding hydrogens is 481 g/mol. The molecule has 0 aliphatic rings. The Hall–Kier alpha value is -2.81. The largest absolute Gasteiger partial charge is 0.342 e. The summed E-state index contributed by atoms with van der Waals surface area (Å²) < 4.78 is 1.82. The van der Waals surface area contributed by atoms with Crippen molar-refractivity contribution in [2.24, 2.45) is 0 Å². The maximum Gasteiger partial charge on any atom is 0.252 e. The molecule has 2 N–H and O–H groups in total. The number of hydrogen-bond acceptors (Lipinski definition) is 5. The van der Waals surface area contributed by atoms with Crippen LogP contribution >= 0.6 is 35.0 Å². The first-order chi connectivity index (χ1) is 15.8. The van der Waals surface area contributed by atoms with Crippen molar-refractivity contribution in [3.05, 3.63) is 82.1 Å². The Balaban J connectivity index is 1.68. The highest BCUT2D eigenvalue weighted by molar-refractivity contribution is 7.99. The van der Waals surface area contributed by atoms with Crippen LogP contribution in [0.4, 0.5) is 5.69 Å². The molecule has 0 saturated carbocycles. The molecule has 0 fully saturated rings. The molecule has 0 aliphatic heterocycles. The molecule has 2 amide bonds. The SMILES string of the molecule is C=CCn1c(SCC(=O)Nc2ccc(Cl)cc2Cl)nnc1[C@@H](C)NC(=O)c1ccccc1C. The number of nitrogens with zero attached hydrogens (tertiary/aromatic N) is 3. The second kappa shape index (κ2) is 11.4. The van der Waals surface area contributed by atoms with Crippen LogP contribution in [0.3, 0.4) is 0 Å². The van der Waals surface area contributed by atoms with Gasteiger partial charge in [0.1, 0.15) is 0 Å². The molecule has 1 heterocycles. The summed E-state index contributed by atoms with van der Waals surface area (Å²) in [6.45, 7) is 7.94. The van der Waals surface area contributed by atoms with Crippen molar-refractivity contribution in [3.63, 3.8) is 0 Å². The fourth-order valence-electron chi connectivity index (χ4n) is 3.10. The first-order valence-corrected chi connectivity index (χ1v) is 11.8. The predicted molar refractivity (Wildman–Crippen MR) is 133 cm³/mol. The number of benzene rings is 2. The lowest BCUT2D eigenvalue weighted by Gasteiger charge is -2.16. The quantitative estimate of drug-likeness (QED) is 0.305. The molecule has 1 atom stereocenters. The van der Waals surface area contributed by atoms with E-state index in [9.17, 15) is 9.59 Å². The summed E-state index contributed by atoms with van der Waals surface area (Å²) in [4.78, 5) is 25.1.